The summed E-state index contributed by atoms with van der Waals surface area (Å²) in [6.07, 6.45) is 7.38. The molecule has 2 unspecified atom stereocenters. The molecule has 3 heteroatoms. The standard InChI is InChI=1S/C21H32ClNO/c1-4-6-14-23(15-7-5-2)21(13-12-20(24)17(3)16-21)18-8-10-19(22)11-9-18/h8-11,17H,4-7,12-16H2,1-3H3. The first-order chi connectivity index (χ1) is 11.5. The van der Waals surface area contributed by atoms with E-state index in [1.165, 1.54) is 31.2 Å². The summed E-state index contributed by atoms with van der Waals surface area (Å²) in [4.78, 5) is 14.9. The second kappa shape index (κ2) is 9.01. The van der Waals surface area contributed by atoms with Gasteiger partial charge in [-0.1, -0.05) is 57.3 Å². The molecule has 0 amide bonds. The van der Waals surface area contributed by atoms with Crippen molar-refractivity contribution in [2.24, 2.45) is 5.92 Å². The molecule has 134 valence electrons. The van der Waals surface area contributed by atoms with Gasteiger partial charge in [-0.3, -0.25) is 9.69 Å². The molecule has 0 heterocycles. The van der Waals surface area contributed by atoms with Gasteiger partial charge in [0.15, 0.2) is 0 Å². The Balaban J connectivity index is 2.39. The summed E-state index contributed by atoms with van der Waals surface area (Å²) in [7, 11) is 0. The summed E-state index contributed by atoms with van der Waals surface area (Å²) < 4.78 is 0. The molecule has 0 bridgehead atoms. The van der Waals surface area contributed by atoms with Crippen molar-refractivity contribution in [1.82, 2.24) is 4.90 Å². The van der Waals surface area contributed by atoms with Gasteiger partial charge in [0.1, 0.15) is 5.78 Å². The molecule has 1 fully saturated rings. The van der Waals surface area contributed by atoms with Crippen LogP contribution < -0.4 is 0 Å². The Bertz CT molecular complexity index is 519. The molecule has 0 aliphatic heterocycles. The van der Waals surface area contributed by atoms with Crippen molar-refractivity contribution in [2.45, 2.75) is 71.3 Å². The lowest BCUT2D eigenvalue weighted by molar-refractivity contribution is -0.128. The maximum Gasteiger partial charge on any atom is 0.135 e. The average Bonchev–Trinajstić information content (AvgIpc) is 2.58. The molecular weight excluding hydrogens is 318 g/mol. The molecule has 1 aromatic carbocycles. The van der Waals surface area contributed by atoms with Crippen molar-refractivity contribution in [3.8, 4) is 0 Å². The van der Waals surface area contributed by atoms with E-state index >= 15 is 0 Å². The molecule has 1 saturated carbocycles. The zero-order chi connectivity index (χ0) is 17.6. The van der Waals surface area contributed by atoms with Crippen molar-refractivity contribution >= 4 is 17.4 Å². The third kappa shape index (κ3) is 4.40. The minimum atomic E-state index is -0.0117. The molecule has 0 spiro atoms. The first-order valence-corrected chi connectivity index (χ1v) is 9.95. The van der Waals surface area contributed by atoms with Crippen LogP contribution in [0.15, 0.2) is 24.3 Å². The zero-order valence-corrected chi connectivity index (χ0v) is 16.2. The van der Waals surface area contributed by atoms with Crippen LogP contribution in [-0.4, -0.2) is 23.8 Å². The minimum Gasteiger partial charge on any atom is -0.299 e. The van der Waals surface area contributed by atoms with E-state index < -0.39 is 0 Å². The Labute approximate surface area is 152 Å². The molecule has 1 aromatic rings. The number of unbranched alkanes of at least 4 members (excludes halogenated alkanes) is 2. The van der Waals surface area contributed by atoms with Gasteiger partial charge in [-0.05, 0) is 56.5 Å². The van der Waals surface area contributed by atoms with Gasteiger partial charge in [0.25, 0.3) is 0 Å². The summed E-state index contributed by atoms with van der Waals surface area (Å²) in [5.74, 6) is 0.561. The predicted octanol–water partition coefficient (Wildman–Crippen LogP) is 5.83. The fourth-order valence-corrected chi connectivity index (χ4v) is 4.15. The lowest BCUT2D eigenvalue weighted by Crippen LogP contribution is -2.51. The third-order valence-corrected chi connectivity index (χ3v) is 5.78. The highest BCUT2D eigenvalue weighted by atomic mass is 35.5. The topological polar surface area (TPSA) is 20.3 Å². The molecule has 2 atom stereocenters. The maximum absolute atomic E-state index is 12.2. The van der Waals surface area contributed by atoms with Crippen LogP contribution in [0.4, 0.5) is 0 Å². The molecule has 24 heavy (non-hydrogen) atoms. The minimum absolute atomic E-state index is 0.0117. The molecule has 0 radical (unpaired) electrons. The number of hydrogen-bond donors (Lipinski definition) is 0. The van der Waals surface area contributed by atoms with Gasteiger partial charge in [-0.15, -0.1) is 0 Å². The lowest BCUT2D eigenvalue weighted by atomic mass is 9.70. The summed E-state index contributed by atoms with van der Waals surface area (Å²) in [5, 5.41) is 0.780. The van der Waals surface area contributed by atoms with Gasteiger partial charge >= 0.3 is 0 Å². The second-order valence-electron chi connectivity index (χ2n) is 7.30. The number of carbonyl (C=O) groups excluding carboxylic acids is 1. The Morgan fingerprint density at radius 2 is 1.71 bits per heavy atom. The highest BCUT2D eigenvalue weighted by molar-refractivity contribution is 6.30. The number of nitrogens with zero attached hydrogens (tertiary/aromatic N) is 1. The lowest BCUT2D eigenvalue weighted by Gasteiger charge is -2.48. The normalized spacial score (nSPS) is 24.5. The molecular formula is C21H32ClNO. The van der Waals surface area contributed by atoms with E-state index in [2.05, 4.69) is 37.8 Å². The summed E-state index contributed by atoms with van der Waals surface area (Å²) in [6.45, 7) is 8.82. The largest absolute Gasteiger partial charge is 0.299 e. The molecule has 1 aliphatic rings. The number of benzene rings is 1. The van der Waals surface area contributed by atoms with E-state index in [1.54, 1.807) is 0 Å². The van der Waals surface area contributed by atoms with E-state index in [1.807, 2.05) is 12.1 Å². The number of rotatable bonds is 8. The summed E-state index contributed by atoms with van der Waals surface area (Å²) >= 11 is 6.13. The number of hydrogen-bond acceptors (Lipinski definition) is 2. The molecule has 0 N–H and O–H groups in total. The molecule has 0 saturated heterocycles. The average molecular weight is 350 g/mol. The van der Waals surface area contributed by atoms with Gasteiger partial charge in [-0.2, -0.15) is 0 Å². The number of carbonyl (C=O) groups is 1. The van der Waals surface area contributed by atoms with Crippen LogP contribution in [0.25, 0.3) is 0 Å². The van der Waals surface area contributed by atoms with Crippen LogP contribution in [0.1, 0.15) is 71.3 Å². The van der Waals surface area contributed by atoms with Crippen LogP contribution in [-0.2, 0) is 10.3 Å². The molecule has 2 nitrogen and oxygen atoms in total. The fraction of sp³-hybridized carbons (Fsp3) is 0.667. The van der Waals surface area contributed by atoms with Gasteiger partial charge in [0, 0.05) is 22.9 Å². The van der Waals surface area contributed by atoms with Gasteiger partial charge in [0.2, 0.25) is 0 Å². The van der Waals surface area contributed by atoms with Gasteiger partial charge in [0.05, 0.1) is 0 Å². The Hall–Kier alpha value is -0.860. The van der Waals surface area contributed by atoms with E-state index in [0.717, 1.165) is 31.0 Å². The van der Waals surface area contributed by atoms with Crippen LogP contribution in [0.2, 0.25) is 5.02 Å². The quantitative estimate of drug-likeness (QED) is 0.588. The first-order valence-electron chi connectivity index (χ1n) is 9.57. The summed E-state index contributed by atoms with van der Waals surface area (Å²) in [5.41, 5.74) is 1.32. The van der Waals surface area contributed by atoms with Crippen molar-refractivity contribution < 1.29 is 4.79 Å². The van der Waals surface area contributed by atoms with E-state index in [0.29, 0.717) is 12.2 Å². The third-order valence-electron chi connectivity index (χ3n) is 5.53. The van der Waals surface area contributed by atoms with E-state index in [-0.39, 0.29) is 11.5 Å². The van der Waals surface area contributed by atoms with Crippen LogP contribution in [0.5, 0.6) is 0 Å². The van der Waals surface area contributed by atoms with Crippen LogP contribution in [0.3, 0.4) is 0 Å². The number of halogens is 1. The monoisotopic (exact) mass is 349 g/mol. The van der Waals surface area contributed by atoms with Crippen LogP contribution in [0, 0.1) is 5.92 Å². The first kappa shape index (κ1) is 19.5. The molecule has 0 aromatic heterocycles. The van der Waals surface area contributed by atoms with Crippen LogP contribution >= 0.6 is 11.6 Å². The smallest absolute Gasteiger partial charge is 0.135 e. The van der Waals surface area contributed by atoms with Gasteiger partial charge in [-0.25, -0.2) is 0 Å². The SMILES string of the molecule is CCCCN(CCCC)C1(c2ccc(Cl)cc2)CCC(=O)C(C)C1. The van der Waals surface area contributed by atoms with Gasteiger partial charge < -0.3 is 0 Å². The Morgan fingerprint density at radius 1 is 1.12 bits per heavy atom. The van der Waals surface area contributed by atoms with E-state index in [4.69, 9.17) is 11.6 Å². The zero-order valence-electron chi connectivity index (χ0n) is 15.5. The fourth-order valence-electron chi connectivity index (χ4n) is 4.03. The Kier molecular flexibility index (Phi) is 7.31. The molecule has 2 rings (SSSR count). The van der Waals surface area contributed by atoms with Crippen molar-refractivity contribution in [3.05, 3.63) is 34.9 Å². The predicted molar refractivity (Wildman–Crippen MR) is 103 cm³/mol. The second-order valence-corrected chi connectivity index (χ2v) is 7.74. The highest BCUT2D eigenvalue weighted by Crippen LogP contribution is 2.44. The van der Waals surface area contributed by atoms with Crippen molar-refractivity contribution in [2.75, 3.05) is 13.1 Å². The van der Waals surface area contributed by atoms with Crippen molar-refractivity contribution in [3.63, 3.8) is 0 Å². The number of ketones is 1. The Morgan fingerprint density at radius 3 is 2.21 bits per heavy atom. The van der Waals surface area contributed by atoms with E-state index in [9.17, 15) is 4.79 Å². The highest BCUT2D eigenvalue weighted by Gasteiger charge is 2.43. The maximum atomic E-state index is 12.2. The number of Topliss-reactive ketones (excluding diaryl/α,β-unsaturated/α-hetero) is 1. The molecule has 1 aliphatic carbocycles. The van der Waals surface area contributed by atoms with Crippen molar-refractivity contribution in [1.29, 1.82) is 0 Å². The summed E-state index contributed by atoms with van der Waals surface area (Å²) in [6, 6.07) is 8.35.